The summed E-state index contributed by atoms with van der Waals surface area (Å²) in [6.45, 7) is 9.63. The molecule has 0 fully saturated rings. The Labute approximate surface area is 118 Å². The van der Waals surface area contributed by atoms with E-state index < -0.39 is 8.07 Å². The van der Waals surface area contributed by atoms with Crippen LogP contribution in [0.2, 0.25) is 13.1 Å². The molecule has 0 saturated heterocycles. The molecule has 2 heteroatoms. The third-order valence-electron chi connectivity index (χ3n) is 2.66. The van der Waals surface area contributed by atoms with E-state index in [9.17, 15) is 0 Å². The minimum absolute atomic E-state index is 0.490. The van der Waals surface area contributed by atoms with E-state index in [0.717, 1.165) is 5.57 Å². The van der Waals surface area contributed by atoms with Gasteiger partial charge < -0.3 is 4.74 Å². The van der Waals surface area contributed by atoms with Gasteiger partial charge >= 0.3 is 0 Å². The van der Waals surface area contributed by atoms with Crippen molar-refractivity contribution in [3.05, 3.63) is 47.7 Å². The zero-order valence-electron chi connectivity index (χ0n) is 12.3. The first-order valence-electron chi connectivity index (χ1n) is 6.54. The van der Waals surface area contributed by atoms with Gasteiger partial charge in [0.1, 0.15) is 6.61 Å². The summed E-state index contributed by atoms with van der Waals surface area (Å²) in [5.41, 5.74) is 7.66. The van der Waals surface area contributed by atoms with Crippen molar-refractivity contribution in [1.82, 2.24) is 0 Å². The van der Waals surface area contributed by atoms with Gasteiger partial charge in [0.25, 0.3) is 0 Å². The van der Waals surface area contributed by atoms with Crippen LogP contribution in [0.3, 0.4) is 0 Å². The molecule has 0 bridgehead atoms. The highest BCUT2D eigenvalue weighted by molar-refractivity contribution is 6.96. The lowest BCUT2D eigenvalue weighted by Gasteiger charge is -2.14. The molecule has 100 valence electrons. The molecule has 1 aromatic rings. The van der Waals surface area contributed by atoms with Crippen molar-refractivity contribution in [3.63, 3.8) is 0 Å². The van der Waals surface area contributed by atoms with Gasteiger partial charge in [-0.05, 0) is 30.7 Å². The molecule has 0 saturated carbocycles. The van der Waals surface area contributed by atoms with E-state index >= 15 is 0 Å². The Morgan fingerprint density at radius 2 is 1.89 bits per heavy atom. The van der Waals surface area contributed by atoms with E-state index in [0.29, 0.717) is 13.2 Å². The Bertz CT molecular complexity index is 507. The number of rotatable bonds is 4. The molecule has 0 unspecified atom stereocenters. The summed E-state index contributed by atoms with van der Waals surface area (Å²) in [5, 5.41) is 1.37. The predicted molar refractivity (Wildman–Crippen MR) is 85.1 cm³/mol. The van der Waals surface area contributed by atoms with E-state index in [2.05, 4.69) is 54.6 Å². The van der Waals surface area contributed by atoms with Crippen LogP contribution in [0.1, 0.15) is 13.8 Å². The molecule has 1 rings (SSSR count). The molecule has 0 radical (unpaired) electrons. The molecule has 0 heterocycles. The van der Waals surface area contributed by atoms with Crippen molar-refractivity contribution in [2.75, 3.05) is 13.2 Å². The second-order valence-electron chi connectivity index (χ2n) is 5.16. The minimum atomic E-state index is -1.64. The quantitative estimate of drug-likeness (QED) is 0.353. The van der Waals surface area contributed by atoms with Crippen molar-refractivity contribution in [3.8, 4) is 11.5 Å². The zero-order valence-corrected chi connectivity index (χ0v) is 13.3. The number of benzene rings is 1. The van der Waals surface area contributed by atoms with Crippen LogP contribution in [0.5, 0.6) is 0 Å². The van der Waals surface area contributed by atoms with Crippen LogP contribution in [0.4, 0.5) is 0 Å². The van der Waals surface area contributed by atoms with E-state index in [1.54, 1.807) is 0 Å². The summed E-state index contributed by atoms with van der Waals surface area (Å²) in [4.78, 5) is 0. The van der Waals surface area contributed by atoms with Crippen LogP contribution in [0.15, 0.2) is 47.7 Å². The molecular weight excluding hydrogens is 248 g/mol. The largest absolute Gasteiger partial charge is 0.364 e. The van der Waals surface area contributed by atoms with Gasteiger partial charge in [0.2, 0.25) is 0 Å². The molecule has 1 nitrogen and oxygen atoms in total. The second kappa shape index (κ2) is 7.81. The van der Waals surface area contributed by atoms with Crippen LogP contribution >= 0.6 is 0 Å². The lowest BCUT2D eigenvalue weighted by Crippen LogP contribution is -2.40. The fourth-order valence-corrected chi connectivity index (χ4v) is 3.28. The highest BCUT2D eigenvalue weighted by Gasteiger charge is 2.19. The lowest BCUT2D eigenvalue weighted by molar-refractivity contribution is 0.199. The summed E-state index contributed by atoms with van der Waals surface area (Å²) < 4.78 is 5.43. The molecule has 0 N–H and O–H groups in total. The maximum atomic E-state index is 5.43. The van der Waals surface area contributed by atoms with Crippen molar-refractivity contribution in [1.29, 1.82) is 0 Å². The van der Waals surface area contributed by atoms with E-state index in [-0.39, 0.29) is 0 Å². The highest BCUT2D eigenvalue weighted by Crippen LogP contribution is 2.01. The van der Waals surface area contributed by atoms with Gasteiger partial charge in [0, 0.05) is 0 Å². The van der Waals surface area contributed by atoms with Crippen LogP contribution in [0.25, 0.3) is 0 Å². The lowest BCUT2D eigenvalue weighted by atomic mass is 10.4. The number of hydrogen-bond acceptors (Lipinski definition) is 1. The molecule has 1 aromatic carbocycles. The molecule has 0 aromatic heterocycles. The standard InChI is InChI=1S/C17H22OSi/c1-16(2)10-8-13-18-14-9-15-19(3,4)17-11-6-5-7-12-17/h5-8,11-12H,13-14H2,1-4H3. The number of hydrogen-bond donors (Lipinski definition) is 0. The fraction of sp³-hybridized carbons (Fsp3) is 0.353. The number of ether oxygens (including phenoxy) is 1. The van der Waals surface area contributed by atoms with E-state index in [1.165, 1.54) is 5.19 Å². The Hall–Kier alpha value is -1.52. The Balaban J connectivity index is 2.48. The van der Waals surface area contributed by atoms with Gasteiger partial charge in [-0.2, -0.15) is 0 Å². The smallest absolute Gasteiger partial charge is 0.162 e. The van der Waals surface area contributed by atoms with Crippen molar-refractivity contribution < 1.29 is 4.74 Å². The maximum absolute atomic E-state index is 5.43. The van der Waals surface area contributed by atoms with Crippen LogP contribution < -0.4 is 5.19 Å². The van der Waals surface area contributed by atoms with Crippen LogP contribution in [-0.4, -0.2) is 21.3 Å². The average Bonchev–Trinajstić information content (AvgIpc) is 2.38. The average molecular weight is 270 g/mol. The maximum Gasteiger partial charge on any atom is 0.162 e. The molecular formula is C17H22OSi. The third kappa shape index (κ3) is 6.27. The van der Waals surface area contributed by atoms with Gasteiger partial charge in [0.15, 0.2) is 8.07 Å². The van der Waals surface area contributed by atoms with Crippen molar-refractivity contribution in [2.24, 2.45) is 0 Å². The fourth-order valence-electron chi connectivity index (χ4n) is 1.60. The molecule has 0 amide bonds. The summed E-state index contributed by atoms with van der Waals surface area (Å²) >= 11 is 0. The van der Waals surface area contributed by atoms with Gasteiger partial charge in [-0.3, -0.25) is 0 Å². The summed E-state index contributed by atoms with van der Waals surface area (Å²) in [5.74, 6) is 3.15. The Morgan fingerprint density at radius 1 is 1.21 bits per heavy atom. The predicted octanol–water partition coefficient (Wildman–Crippen LogP) is 3.28. The monoisotopic (exact) mass is 270 g/mol. The van der Waals surface area contributed by atoms with Crippen molar-refractivity contribution >= 4 is 13.3 Å². The van der Waals surface area contributed by atoms with Gasteiger partial charge in [0.05, 0.1) is 6.61 Å². The summed E-state index contributed by atoms with van der Waals surface area (Å²) in [6.07, 6.45) is 1.90. The van der Waals surface area contributed by atoms with Crippen LogP contribution in [-0.2, 0) is 4.74 Å². The summed E-state index contributed by atoms with van der Waals surface area (Å²) in [6, 6.07) is 10.5. The van der Waals surface area contributed by atoms with Gasteiger partial charge in [-0.25, -0.2) is 0 Å². The topological polar surface area (TPSA) is 9.23 Å². The first-order chi connectivity index (χ1) is 9.02. The molecule has 0 atom stereocenters. The molecule has 0 aliphatic carbocycles. The third-order valence-corrected chi connectivity index (χ3v) is 5.24. The highest BCUT2D eigenvalue weighted by atomic mass is 28.3. The normalized spacial score (nSPS) is 10.1. The second-order valence-corrected chi connectivity index (χ2v) is 9.23. The minimum Gasteiger partial charge on any atom is -0.364 e. The Morgan fingerprint density at radius 3 is 2.53 bits per heavy atom. The summed E-state index contributed by atoms with van der Waals surface area (Å²) in [7, 11) is -1.64. The van der Waals surface area contributed by atoms with Gasteiger partial charge in [-0.15, -0.1) is 11.3 Å². The Kier molecular flexibility index (Phi) is 6.39. The molecule has 0 spiro atoms. The zero-order chi connectivity index (χ0) is 14.1. The molecule has 0 aliphatic heterocycles. The first-order valence-corrected chi connectivity index (χ1v) is 9.54. The van der Waals surface area contributed by atoms with E-state index in [4.69, 9.17) is 4.74 Å². The van der Waals surface area contributed by atoms with Crippen LogP contribution in [0, 0.1) is 11.5 Å². The first kappa shape index (κ1) is 15.5. The SMILES string of the molecule is CC(C)=C=CCOCC#C[Si](C)(C)c1ccccc1. The van der Waals surface area contributed by atoms with Gasteiger partial charge in [-0.1, -0.05) is 49.3 Å². The molecule has 0 aliphatic rings. The van der Waals surface area contributed by atoms with Crippen molar-refractivity contribution in [2.45, 2.75) is 26.9 Å². The van der Waals surface area contributed by atoms with E-state index in [1.807, 2.05) is 26.0 Å². The molecule has 19 heavy (non-hydrogen) atoms.